The maximum Gasteiger partial charge on any atom is 0.241 e. The number of likely N-dealkylation sites (N-methyl/N-ethyl adjacent to an activating group) is 1. The van der Waals surface area contributed by atoms with Crippen molar-refractivity contribution in [1.82, 2.24) is 4.90 Å². The van der Waals surface area contributed by atoms with E-state index in [1.807, 2.05) is 44.2 Å². The predicted octanol–water partition coefficient (Wildman–Crippen LogP) is 3.43. The molecule has 0 saturated carbocycles. The number of nitrogen functional groups attached to an aromatic ring is 1. The minimum absolute atomic E-state index is 0.0222. The van der Waals surface area contributed by atoms with Gasteiger partial charge in [-0.1, -0.05) is 43.3 Å². The van der Waals surface area contributed by atoms with Gasteiger partial charge in [0, 0.05) is 17.9 Å². The summed E-state index contributed by atoms with van der Waals surface area (Å²) in [5, 5.41) is 2.95. The Bertz CT molecular complexity index is 655. The monoisotopic (exact) mass is 311 g/mol. The van der Waals surface area contributed by atoms with Crippen LogP contribution in [-0.4, -0.2) is 23.4 Å². The second kappa shape index (κ2) is 7.79. The molecule has 1 amide bonds. The Kier molecular flexibility index (Phi) is 5.77. The van der Waals surface area contributed by atoms with Crippen molar-refractivity contribution in [3.05, 3.63) is 59.7 Å². The van der Waals surface area contributed by atoms with Crippen molar-refractivity contribution in [1.29, 1.82) is 0 Å². The Hall–Kier alpha value is -2.33. The maximum atomic E-state index is 12.5. The van der Waals surface area contributed by atoms with Gasteiger partial charge in [-0.25, -0.2) is 0 Å². The Balaban J connectivity index is 2.03. The number of rotatable bonds is 6. The van der Waals surface area contributed by atoms with Crippen molar-refractivity contribution >= 4 is 17.3 Å². The number of nitrogens with zero attached hydrogens (tertiary/aromatic N) is 1. The van der Waals surface area contributed by atoms with Crippen LogP contribution in [0.15, 0.2) is 48.5 Å². The number of aryl methyl sites for hydroxylation is 1. The summed E-state index contributed by atoms with van der Waals surface area (Å²) in [6, 6.07) is 15.6. The first-order chi connectivity index (χ1) is 11.0. The average Bonchev–Trinajstić information content (AvgIpc) is 2.56. The first-order valence-corrected chi connectivity index (χ1v) is 7.96. The van der Waals surface area contributed by atoms with Crippen LogP contribution in [-0.2, 0) is 11.3 Å². The number of carbonyl (C=O) groups is 1. The molecule has 0 fully saturated rings. The second-order valence-corrected chi connectivity index (χ2v) is 5.79. The van der Waals surface area contributed by atoms with Crippen molar-refractivity contribution in [2.24, 2.45) is 0 Å². The number of anilines is 2. The maximum absolute atomic E-state index is 12.5. The van der Waals surface area contributed by atoms with Gasteiger partial charge in [-0.05, 0) is 43.7 Å². The normalized spacial score (nSPS) is 12.2. The summed E-state index contributed by atoms with van der Waals surface area (Å²) < 4.78 is 0. The molecule has 0 aliphatic carbocycles. The number of hydrogen-bond donors (Lipinski definition) is 2. The molecule has 122 valence electrons. The summed E-state index contributed by atoms with van der Waals surface area (Å²) in [5.74, 6) is -0.0222. The Morgan fingerprint density at radius 1 is 1.22 bits per heavy atom. The third-order valence-corrected chi connectivity index (χ3v) is 4.11. The van der Waals surface area contributed by atoms with Crippen molar-refractivity contribution in [3.8, 4) is 0 Å². The molecule has 2 rings (SSSR count). The van der Waals surface area contributed by atoms with Crippen LogP contribution in [0, 0.1) is 6.92 Å². The van der Waals surface area contributed by atoms with Gasteiger partial charge >= 0.3 is 0 Å². The Morgan fingerprint density at radius 3 is 2.52 bits per heavy atom. The molecule has 0 aromatic heterocycles. The highest BCUT2D eigenvalue weighted by molar-refractivity contribution is 5.95. The van der Waals surface area contributed by atoms with E-state index in [1.54, 1.807) is 6.07 Å². The second-order valence-electron chi connectivity index (χ2n) is 5.79. The largest absolute Gasteiger partial charge is 0.398 e. The molecule has 3 N–H and O–H groups in total. The molecule has 0 heterocycles. The van der Waals surface area contributed by atoms with Crippen LogP contribution in [0.3, 0.4) is 0 Å². The van der Waals surface area contributed by atoms with Gasteiger partial charge in [-0.15, -0.1) is 0 Å². The number of benzene rings is 2. The van der Waals surface area contributed by atoms with Gasteiger partial charge in [0.1, 0.15) is 0 Å². The summed E-state index contributed by atoms with van der Waals surface area (Å²) in [5.41, 5.74) is 9.53. The van der Waals surface area contributed by atoms with Crippen molar-refractivity contribution in [2.75, 3.05) is 17.6 Å². The van der Waals surface area contributed by atoms with Crippen molar-refractivity contribution in [3.63, 3.8) is 0 Å². The number of amides is 1. The van der Waals surface area contributed by atoms with Gasteiger partial charge in [0.15, 0.2) is 0 Å². The molecule has 23 heavy (non-hydrogen) atoms. The minimum atomic E-state index is -0.220. The highest BCUT2D eigenvalue weighted by atomic mass is 16.2. The lowest BCUT2D eigenvalue weighted by atomic mass is 10.1. The first kappa shape index (κ1) is 17.0. The van der Waals surface area contributed by atoms with Crippen LogP contribution in [0.1, 0.15) is 25.0 Å². The van der Waals surface area contributed by atoms with Crippen LogP contribution < -0.4 is 11.1 Å². The summed E-state index contributed by atoms with van der Waals surface area (Å²) in [7, 11) is 0. The molecular formula is C19H25N3O. The van der Waals surface area contributed by atoms with Crippen molar-refractivity contribution < 1.29 is 4.79 Å². The quantitative estimate of drug-likeness (QED) is 0.804. The van der Waals surface area contributed by atoms with E-state index in [-0.39, 0.29) is 11.9 Å². The minimum Gasteiger partial charge on any atom is -0.398 e. The molecule has 0 radical (unpaired) electrons. The molecule has 0 bridgehead atoms. The fraction of sp³-hybridized carbons (Fsp3) is 0.316. The highest BCUT2D eigenvalue weighted by Crippen LogP contribution is 2.18. The summed E-state index contributed by atoms with van der Waals surface area (Å²) in [4.78, 5) is 14.6. The first-order valence-electron chi connectivity index (χ1n) is 7.96. The third-order valence-electron chi connectivity index (χ3n) is 4.11. The average molecular weight is 311 g/mol. The molecule has 0 spiro atoms. The van der Waals surface area contributed by atoms with Gasteiger partial charge in [-0.2, -0.15) is 0 Å². The van der Waals surface area contributed by atoms with Crippen LogP contribution in [0.4, 0.5) is 11.4 Å². The number of hydrogen-bond acceptors (Lipinski definition) is 3. The fourth-order valence-corrected chi connectivity index (χ4v) is 2.47. The van der Waals surface area contributed by atoms with E-state index in [4.69, 9.17) is 5.73 Å². The predicted molar refractivity (Wildman–Crippen MR) is 96.2 cm³/mol. The number of nitrogens with two attached hydrogens (primary N) is 1. The third kappa shape index (κ3) is 4.57. The zero-order valence-electron chi connectivity index (χ0n) is 14.0. The number of carbonyl (C=O) groups excluding carboxylic acids is 1. The zero-order valence-corrected chi connectivity index (χ0v) is 14.0. The molecular weight excluding hydrogens is 286 g/mol. The molecule has 4 heteroatoms. The molecule has 2 aromatic carbocycles. The van der Waals surface area contributed by atoms with E-state index in [2.05, 4.69) is 29.3 Å². The van der Waals surface area contributed by atoms with E-state index in [0.717, 1.165) is 24.3 Å². The standard InChI is InChI=1S/C19H25N3O/c1-4-22(13-16-8-6-5-7-9-16)15(3)19(23)21-17-11-10-14(2)18(20)12-17/h5-12,15H,4,13,20H2,1-3H3,(H,21,23). The van der Waals surface area contributed by atoms with Gasteiger partial charge in [0.05, 0.1) is 6.04 Å². The summed E-state index contributed by atoms with van der Waals surface area (Å²) >= 11 is 0. The topological polar surface area (TPSA) is 58.4 Å². The molecule has 1 unspecified atom stereocenters. The molecule has 1 atom stereocenters. The Morgan fingerprint density at radius 2 is 1.91 bits per heavy atom. The molecule has 0 saturated heterocycles. The van der Waals surface area contributed by atoms with E-state index >= 15 is 0 Å². The van der Waals surface area contributed by atoms with Crippen LogP contribution in [0.2, 0.25) is 0 Å². The van der Waals surface area contributed by atoms with E-state index in [9.17, 15) is 4.79 Å². The van der Waals surface area contributed by atoms with Crippen LogP contribution >= 0.6 is 0 Å². The number of nitrogens with one attached hydrogen (secondary N) is 1. The SMILES string of the molecule is CCN(Cc1ccccc1)C(C)C(=O)Nc1ccc(C)c(N)c1. The van der Waals surface area contributed by atoms with Gasteiger partial charge in [0.2, 0.25) is 5.91 Å². The van der Waals surface area contributed by atoms with Crippen molar-refractivity contribution in [2.45, 2.75) is 33.4 Å². The zero-order chi connectivity index (χ0) is 16.8. The van der Waals surface area contributed by atoms with E-state index < -0.39 is 0 Å². The summed E-state index contributed by atoms with van der Waals surface area (Å²) in [6.07, 6.45) is 0. The van der Waals surface area contributed by atoms with Crippen LogP contribution in [0.5, 0.6) is 0 Å². The Labute approximate surface area is 138 Å². The molecule has 0 aliphatic heterocycles. The molecule has 0 aliphatic rings. The molecule has 4 nitrogen and oxygen atoms in total. The van der Waals surface area contributed by atoms with Gasteiger partial charge in [-0.3, -0.25) is 9.69 Å². The fourth-order valence-electron chi connectivity index (χ4n) is 2.47. The van der Waals surface area contributed by atoms with E-state index in [0.29, 0.717) is 5.69 Å². The lowest BCUT2D eigenvalue weighted by molar-refractivity contribution is -0.120. The highest BCUT2D eigenvalue weighted by Gasteiger charge is 2.20. The van der Waals surface area contributed by atoms with Gasteiger partial charge < -0.3 is 11.1 Å². The van der Waals surface area contributed by atoms with E-state index in [1.165, 1.54) is 5.56 Å². The summed E-state index contributed by atoms with van der Waals surface area (Å²) in [6.45, 7) is 7.50. The van der Waals surface area contributed by atoms with Crippen LogP contribution in [0.25, 0.3) is 0 Å². The lowest BCUT2D eigenvalue weighted by Gasteiger charge is -2.27. The molecule has 2 aromatic rings. The lowest BCUT2D eigenvalue weighted by Crippen LogP contribution is -2.41. The van der Waals surface area contributed by atoms with Gasteiger partial charge in [0.25, 0.3) is 0 Å². The smallest absolute Gasteiger partial charge is 0.241 e.